The second kappa shape index (κ2) is 35.1. The molecule has 38 heteroatoms. The fourth-order valence-corrected chi connectivity index (χ4v) is 12.1. The molecule has 550 valence electrons. The first-order chi connectivity index (χ1) is 47.2. The first-order valence-corrected chi connectivity index (χ1v) is 32.3. The fraction of sp³-hybridized carbons (Fsp3) is 0.656. The van der Waals surface area contributed by atoms with Crippen LogP contribution in [0.5, 0.6) is 5.75 Å². The Balaban J connectivity index is 1.07. The van der Waals surface area contributed by atoms with E-state index in [9.17, 15) is 90.4 Å². The van der Waals surface area contributed by atoms with Gasteiger partial charge in [-0.1, -0.05) is 75.6 Å². The van der Waals surface area contributed by atoms with Crippen LogP contribution < -0.4 is 53.4 Å². The van der Waals surface area contributed by atoms with E-state index in [1.165, 1.54) is 24.3 Å². The lowest BCUT2D eigenvalue weighted by Gasteiger charge is -2.46. The highest BCUT2D eigenvalue weighted by atomic mass is 16.7. The van der Waals surface area contributed by atoms with Crippen molar-refractivity contribution in [2.45, 2.75) is 205 Å². The molecular weight excluding hydrogens is 1320 g/mol. The van der Waals surface area contributed by atoms with Gasteiger partial charge in [-0.15, -0.1) is 0 Å². The number of nitrogens with zero attached hydrogens (tertiary/aromatic N) is 3. The van der Waals surface area contributed by atoms with E-state index < -0.39 is 246 Å². The predicted octanol–water partition coefficient (Wildman–Crippen LogP) is -11.1. The van der Waals surface area contributed by atoms with Gasteiger partial charge in [0.1, 0.15) is 128 Å². The van der Waals surface area contributed by atoms with E-state index in [0.29, 0.717) is 12.0 Å². The molecule has 6 amide bonds. The number of benzene rings is 2. The summed E-state index contributed by atoms with van der Waals surface area (Å²) in [6.45, 7) is -1.75. The average Bonchev–Trinajstić information content (AvgIpc) is 1.74. The van der Waals surface area contributed by atoms with Gasteiger partial charge in [0.25, 0.3) is 0 Å². The number of aliphatic hydroxyl groups is 13. The molecule has 0 spiro atoms. The molecule has 4 fully saturated rings. The van der Waals surface area contributed by atoms with Gasteiger partial charge < -0.3 is 148 Å². The minimum atomic E-state index is -2.35. The molecule has 5 unspecified atom stereocenters. The highest BCUT2D eigenvalue weighted by Crippen LogP contribution is 2.33. The molecule has 2 aromatic rings. The highest BCUT2D eigenvalue weighted by Gasteiger charge is 2.54. The third-order valence-electron chi connectivity index (χ3n) is 18.0. The molecule has 0 saturated carbocycles. The van der Waals surface area contributed by atoms with Crippen LogP contribution in [-0.4, -0.2) is 317 Å². The molecular formula is C61H90N12O26. The monoisotopic (exact) mass is 1410 g/mol. The lowest BCUT2D eigenvalue weighted by atomic mass is 9.92. The zero-order chi connectivity index (χ0) is 72.1. The van der Waals surface area contributed by atoms with Crippen LogP contribution in [0.25, 0.3) is 0 Å². The lowest BCUT2D eigenvalue weighted by molar-refractivity contribution is -0.352. The number of aliphatic hydroxyl groups excluding tert-OH is 13. The van der Waals surface area contributed by atoms with E-state index in [-0.39, 0.29) is 30.2 Å². The number of carbonyl (C=O) groups excluding carboxylic acids is 7. The number of ether oxygens (including phenoxy) is 6. The molecule has 25 atom stereocenters. The number of esters is 1. The minimum Gasteiger partial charge on any atom is -0.463 e. The molecule has 0 radical (unpaired) electrons. The standard InChI is InChI=1S/C61H90N12O26/c1-3-4-5-9-12-37(78)94-24-35-44(82)46(84)49(87)59(98-35)99-51-34(23-76)97-58(50(88)47(51)85)95-28-15-13-26(14-16-28)17-29-53(90)71-39(41(79)30-18-65-60(62)69-30)56(93)72-40(42(80)32-19-66-61(63)73(32)57-48(86)45(83)43(81)33(22-75)96-57)55(92)68-31(21-74)52(89)64-20-36(77)70-38(54(91)67-29)25(2)27-10-7-6-8-11-27/h6-8,10-11,13-16,25,29-35,38-51,57-59,74-76,79-88H,3-5,9,12,17-24H2,1-2H3,(H2,63,66)(H,64,89)(H,67,91)(H,68,92)(H,70,77)(H,71,90)(H,72,93)(H3,62,65,69)/t25?,29-,30?,31+,32?,33-,34-,35-,38+,39+,40-,41?,42?,43-,44-,45+,46+,47-,48+,49+,50+,51-,57+,58+,59-/m1/s1. The normalized spacial score (nSPS) is 35.4. The Morgan fingerprint density at radius 1 is 0.616 bits per heavy atom. The largest absolute Gasteiger partial charge is 0.463 e. The summed E-state index contributed by atoms with van der Waals surface area (Å²) in [6.07, 6.45) is -28.8. The zero-order valence-corrected chi connectivity index (χ0v) is 53.9. The Kier molecular flexibility index (Phi) is 27.4. The van der Waals surface area contributed by atoms with E-state index in [4.69, 9.17) is 39.9 Å². The van der Waals surface area contributed by atoms with Crippen molar-refractivity contribution in [3.63, 3.8) is 0 Å². The molecule has 0 aromatic heterocycles. The van der Waals surface area contributed by atoms with Gasteiger partial charge in [-0.25, -0.2) is 0 Å². The van der Waals surface area contributed by atoms with Crippen LogP contribution in [0.15, 0.2) is 64.6 Å². The Morgan fingerprint density at radius 3 is 1.89 bits per heavy atom. The molecule has 99 heavy (non-hydrogen) atoms. The van der Waals surface area contributed by atoms with Crippen LogP contribution in [0.1, 0.15) is 63.0 Å². The molecule has 6 aliphatic heterocycles. The maximum atomic E-state index is 15.2. The summed E-state index contributed by atoms with van der Waals surface area (Å²) in [6, 6.07) is 0.766. The van der Waals surface area contributed by atoms with Crippen molar-refractivity contribution in [1.29, 1.82) is 0 Å². The van der Waals surface area contributed by atoms with Crippen LogP contribution in [0, 0.1) is 0 Å². The maximum Gasteiger partial charge on any atom is 0.305 e. The minimum absolute atomic E-state index is 0.0751. The van der Waals surface area contributed by atoms with E-state index in [2.05, 4.69) is 47.2 Å². The molecule has 6 aliphatic rings. The average molecular weight is 1410 g/mol. The van der Waals surface area contributed by atoms with Gasteiger partial charge in [-0.3, -0.25) is 43.5 Å². The summed E-state index contributed by atoms with van der Waals surface area (Å²) in [5.41, 5.74) is 12.8. The predicted molar refractivity (Wildman–Crippen MR) is 336 cm³/mol. The zero-order valence-electron chi connectivity index (χ0n) is 53.9. The van der Waals surface area contributed by atoms with Crippen LogP contribution in [0.3, 0.4) is 0 Å². The number of amides is 6. The van der Waals surface area contributed by atoms with Crippen LogP contribution in [-0.2, 0) is 63.7 Å². The lowest BCUT2D eigenvalue weighted by Crippen LogP contribution is -2.70. The number of nitrogens with one attached hydrogen (secondary N) is 7. The van der Waals surface area contributed by atoms with Crippen LogP contribution in [0.4, 0.5) is 0 Å². The van der Waals surface area contributed by atoms with Crippen LogP contribution >= 0.6 is 0 Å². The number of hydrogen-bond acceptors (Lipinski definition) is 32. The Labute approximate surface area is 566 Å². The van der Waals surface area contributed by atoms with Crippen molar-refractivity contribution < 1.29 is 128 Å². The van der Waals surface area contributed by atoms with Crippen molar-refractivity contribution in [3.05, 3.63) is 65.7 Å². The second-order valence-corrected chi connectivity index (χ2v) is 24.9. The number of guanidine groups is 2. The van der Waals surface area contributed by atoms with Crippen molar-refractivity contribution in [1.82, 2.24) is 42.1 Å². The van der Waals surface area contributed by atoms with Crippen LogP contribution in [0.2, 0.25) is 0 Å². The Morgan fingerprint density at radius 2 is 1.23 bits per heavy atom. The number of hydrogen-bond donors (Lipinski definition) is 22. The number of unbranched alkanes of at least 4 members (excludes halogenated alkanes) is 3. The van der Waals surface area contributed by atoms with Crippen molar-refractivity contribution >= 4 is 53.3 Å². The van der Waals surface area contributed by atoms with Gasteiger partial charge in [-0.05, 0) is 29.7 Å². The molecule has 4 saturated heterocycles. The molecule has 6 heterocycles. The summed E-state index contributed by atoms with van der Waals surface area (Å²) in [4.78, 5) is 109. The van der Waals surface area contributed by atoms with E-state index in [1.54, 1.807) is 37.3 Å². The Hall–Kier alpha value is -7.61. The fourth-order valence-electron chi connectivity index (χ4n) is 12.1. The Bertz CT molecular complexity index is 3130. The van der Waals surface area contributed by atoms with E-state index in [1.807, 2.05) is 6.92 Å². The smallest absolute Gasteiger partial charge is 0.305 e. The third kappa shape index (κ3) is 18.7. The molecule has 0 aliphatic carbocycles. The highest BCUT2D eigenvalue weighted by molar-refractivity contribution is 5.98. The number of aliphatic imine (C=N–C) groups is 2. The number of carbonyl (C=O) groups is 7. The summed E-state index contributed by atoms with van der Waals surface area (Å²) in [5.74, 6) is -9.65. The molecule has 0 bridgehead atoms. The quantitative estimate of drug-likeness (QED) is 0.0363. The summed E-state index contributed by atoms with van der Waals surface area (Å²) in [7, 11) is 0. The van der Waals surface area contributed by atoms with Crippen molar-refractivity contribution in [2.24, 2.45) is 21.5 Å². The number of nitrogens with two attached hydrogens (primary N) is 2. The van der Waals surface area contributed by atoms with Crippen molar-refractivity contribution in [2.75, 3.05) is 46.1 Å². The molecule has 24 N–H and O–H groups in total. The van der Waals surface area contributed by atoms with Gasteiger partial charge in [0, 0.05) is 18.8 Å². The molecule has 8 rings (SSSR count). The second-order valence-electron chi connectivity index (χ2n) is 24.9. The summed E-state index contributed by atoms with van der Waals surface area (Å²) < 4.78 is 34.2. The van der Waals surface area contributed by atoms with E-state index >= 15 is 9.59 Å². The van der Waals surface area contributed by atoms with Crippen molar-refractivity contribution in [3.8, 4) is 5.75 Å². The molecule has 2 aromatic carbocycles. The van der Waals surface area contributed by atoms with Gasteiger partial charge in [0.05, 0.1) is 51.5 Å². The third-order valence-corrected chi connectivity index (χ3v) is 18.0. The first kappa shape index (κ1) is 77.1. The number of rotatable bonds is 23. The SMILES string of the molecule is CCCCCCC(=O)OC[C@H]1O[C@H](O[C@H]2[C@H](O)[C@H](O)[C@@H](Oc3ccc(C[C@H]4NC(=O)[C@H](C(C)c5ccccc5)NC(=O)CNC(=O)[C@H](CO)NC(=O)[C@@H](C(O)C5CN=C(N)N5[C@H]5O[C@H](CO)[C@@H](O)[C@H](O)[C@@H]5O)NC(=O)[C@H](C(O)C5CN=C(N)N5)NC4=O)cc3)O[C@@H]2CO)[C@@H](O)[C@@H](O)[C@@H]1O. The van der Waals surface area contributed by atoms with Gasteiger partial charge in [-0.2, -0.15) is 0 Å². The summed E-state index contributed by atoms with van der Waals surface area (Å²) >= 11 is 0. The molecule has 38 nitrogen and oxygen atoms in total. The van der Waals surface area contributed by atoms with Gasteiger partial charge >= 0.3 is 5.97 Å². The topological polar surface area (TPSA) is 602 Å². The van der Waals surface area contributed by atoms with Gasteiger partial charge in [0.2, 0.25) is 41.7 Å². The van der Waals surface area contributed by atoms with E-state index in [0.717, 1.165) is 24.2 Å². The maximum absolute atomic E-state index is 15.2. The summed E-state index contributed by atoms with van der Waals surface area (Å²) in [5, 5.41) is 160. The first-order valence-electron chi connectivity index (χ1n) is 32.3. The van der Waals surface area contributed by atoms with Gasteiger partial charge in [0.15, 0.2) is 24.4 Å².